The van der Waals surface area contributed by atoms with Crippen molar-refractivity contribution >= 4 is 22.9 Å². The Kier molecular flexibility index (Phi) is 5.40. The van der Waals surface area contributed by atoms with Gasteiger partial charge in [0, 0.05) is 13.6 Å². The molecule has 0 unspecified atom stereocenters. The lowest BCUT2D eigenvalue weighted by Crippen LogP contribution is -2.48. The van der Waals surface area contributed by atoms with E-state index in [0.29, 0.717) is 29.7 Å². The van der Waals surface area contributed by atoms with Crippen LogP contribution in [0.2, 0.25) is 0 Å². The molecule has 0 radical (unpaired) electrons. The van der Waals surface area contributed by atoms with Gasteiger partial charge in [0.15, 0.2) is 0 Å². The number of ether oxygens (including phenoxy) is 1. The van der Waals surface area contributed by atoms with Gasteiger partial charge in [0.2, 0.25) is 5.91 Å². The van der Waals surface area contributed by atoms with Crippen molar-refractivity contribution in [3.8, 4) is 0 Å². The minimum atomic E-state index is -0.617. The molecule has 2 heterocycles. The monoisotopic (exact) mass is 386 g/mol. The Morgan fingerprint density at radius 1 is 1.32 bits per heavy atom. The van der Waals surface area contributed by atoms with Crippen LogP contribution in [0.5, 0.6) is 0 Å². The molecule has 1 atom stereocenters. The fourth-order valence-corrected chi connectivity index (χ4v) is 3.33. The van der Waals surface area contributed by atoms with Crippen LogP contribution >= 0.6 is 0 Å². The van der Waals surface area contributed by atoms with E-state index in [4.69, 9.17) is 4.74 Å². The van der Waals surface area contributed by atoms with E-state index in [-0.39, 0.29) is 18.0 Å². The van der Waals surface area contributed by atoms with E-state index in [9.17, 15) is 14.4 Å². The number of hydrogen-bond donors (Lipinski definition) is 1. The molecular weight excluding hydrogens is 360 g/mol. The van der Waals surface area contributed by atoms with Gasteiger partial charge in [0.1, 0.15) is 17.5 Å². The van der Waals surface area contributed by atoms with Crippen LogP contribution in [-0.2, 0) is 16.1 Å². The molecule has 1 aromatic carbocycles. The predicted molar refractivity (Wildman–Crippen MR) is 105 cm³/mol. The fraction of sp³-hybridized carbons (Fsp3) is 0.500. The number of fused-ring (bicyclic) bond motifs is 1. The highest BCUT2D eigenvalue weighted by atomic mass is 16.6. The summed E-state index contributed by atoms with van der Waals surface area (Å²) in [6.07, 6.45) is 0.854. The second-order valence-electron chi connectivity index (χ2n) is 8.06. The van der Waals surface area contributed by atoms with Gasteiger partial charge >= 0.3 is 6.09 Å². The van der Waals surface area contributed by atoms with E-state index in [1.54, 1.807) is 46.0 Å². The quantitative estimate of drug-likeness (QED) is 0.873. The summed E-state index contributed by atoms with van der Waals surface area (Å²) in [5.74, 6) is 0.209. The smallest absolute Gasteiger partial charge is 0.410 e. The van der Waals surface area contributed by atoms with Crippen molar-refractivity contribution in [1.29, 1.82) is 0 Å². The van der Waals surface area contributed by atoms with E-state index in [2.05, 4.69) is 9.97 Å². The van der Waals surface area contributed by atoms with E-state index in [1.807, 2.05) is 6.07 Å². The molecule has 8 heteroatoms. The molecule has 1 saturated heterocycles. The topological polar surface area (TPSA) is 95.6 Å². The number of benzene rings is 1. The van der Waals surface area contributed by atoms with Gasteiger partial charge in [0.05, 0.1) is 17.4 Å². The number of H-pyrrole nitrogens is 1. The minimum absolute atomic E-state index is 0.150. The van der Waals surface area contributed by atoms with Crippen LogP contribution in [0.15, 0.2) is 29.1 Å². The molecule has 1 aromatic heterocycles. The zero-order chi connectivity index (χ0) is 20.5. The summed E-state index contributed by atoms with van der Waals surface area (Å²) < 4.78 is 5.42. The second-order valence-corrected chi connectivity index (χ2v) is 8.06. The van der Waals surface area contributed by atoms with Crippen molar-refractivity contribution in [3.63, 3.8) is 0 Å². The maximum absolute atomic E-state index is 12.9. The molecular formula is C20H26N4O4. The number of aromatic amines is 1. The first kappa shape index (κ1) is 19.9. The van der Waals surface area contributed by atoms with Gasteiger partial charge in [0.25, 0.3) is 5.56 Å². The van der Waals surface area contributed by atoms with E-state index in [0.717, 1.165) is 6.42 Å². The lowest BCUT2D eigenvalue weighted by atomic mass is 10.2. The maximum Gasteiger partial charge on any atom is 0.410 e. The van der Waals surface area contributed by atoms with Gasteiger partial charge in [-0.25, -0.2) is 9.78 Å². The molecule has 2 amide bonds. The summed E-state index contributed by atoms with van der Waals surface area (Å²) in [5.41, 5.74) is -0.274. The number of hydrogen-bond acceptors (Lipinski definition) is 5. The van der Waals surface area contributed by atoms with Crippen molar-refractivity contribution < 1.29 is 14.3 Å². The lowest BCUT2D eigenvalue weighted by molar-refractivity contribution is -0.135. The fourth-order valence-electron chi connectivity index (χ4n) is 3.33. The zero-order valence-corrected chi connectivity index (χ0v) is 16.7. The first-order valence-corrected chi connectivity index (χ1v) is 9.38. The molecule has 3 rings (SSSR count). The molecule has 0 aliphatic carbocycles. The highest BCUT2D eigenvalue weighted by molar-refractivity contribution is 5.86. The highest BCUT2D eigenvalue weighted by Gasteiger charge is 2.38. The first-order valence-electron chi connectivity index (χ1n) is 9.38. The molecule has 0 saturated carbocycles. The van der Waals surface area contributed by atoms with Crippen molar-refractivity contribution in [2.75, 3.05) is 13.6 Å². The summed E-state index contributed by atoms with van der Waals surface area (Å²) in [7, 11) is 1.64. The van der Waals surface area contributed by atoms with Crippen LogP contribution in [0.3, 0.4) is 0 Å². The van der Waals surface area contributed by atoms with Crippen molar-refractivity contribution in [3.05, 3.63) is 40.4 Å². The number of rotatable bonds is 3. The lowest BCUT2D eigenvalue weighted by Gasteiger charge is -2.30. The van der Waals surface area contributed by atoms with Crippen LogP contribution < -0.4 is 5.56 Å². The number of aromatic nitrogens is 2. The number of likely N-dealkylation sites (tertiary alicyclic amines) is 1. The van der Waals surface area contributed by atoms with Gasteiger partial charge in [-0.15, -0.1) is 0 Å². The van der Waals surface area contributed by atoms with Crippen LogP contribution in [0.25, 0.3) is 10.9 Å². The largest absolute Gasteiger partial charge is 0.444 e. The number of nitrogens with zero attached hydrogens (tertiary/aromatic N) is 3. The van der Waals surface area contributed by atoms with Gasteiger partial charge in [-0.1, -0.05) is 12.1 Å². The third-order valence-corrected chi connectivity index (χ3v) is 4.59. The summed E-state index contributed by atoms with van der Waals surface area (Å²) in [6, 6.07) is 6.49. The molecule has 1 aliphatic heterocycles. The summed E-state index contributed by atoms with van der Waals surface area (Å²) in [4.78, 5) is 47.7. The SMILES string of the molecule is CN(Cc1nc2ccccc2c(=O)[nH]1)C(=O)[C@@H]1CCCN1C(=O)OC(C)(C)C. The maximum atomic E-state index is 12.9. The third-order valence-electron chi connectivity index (χ3n) is 4.59. The molecule has 1 N–H and O–H groups in total. The summed E-state index contributed by atoms with van der Waals surface area (Å²) in [6.45, 7) is 6.03. The molecule has 0 spiro atoms. The highest BCUT2D eigenvalue weighted by Crippen LogP contribution is 2.22. The van der Waals surface area contributed by atoms with E-state index >= 15 is 0 Å². The number of para-hydroxylation sites is 1. The molecule has 1 aliphatic rings. The predicted octanol–water partition coefficient (Wildman–Crippen LogP) is 2.28. The average molecular weight is 386 g/mol. The van der Waals surface area contributed by atoms with Gasteiger partial charge in [-0.2, -0.15) is 0 Å². The van der Waals surface area contributed by atoms with E-state index < -0.39 is 17.7 Å². The zero-order valence-electron chi connectivity index (χ0n) is 16.7. The molecule has 2 aromatic rings. The first-order chi connectivity index (χ1) is 13.2. The van der Waals surface area contributed by atoms with E-state index in [1.165, 1.54) is 9.80 Å². The number of carbonyl (C=O) groups excluding carboxylic acids is 2. The number of amides is 2. The van der Waals surface area contributed by atoms with Gasteiger partial charge < -0.3 is 14.6 Å². The number of carbonyl (C=O) groups is 2. The Bertz CT molecular complexity index is 947. The Hall–Kier alpha value is -2.90. The normalized spacial score (nSPS) is 17.0. The Labute approximate surface area is 163 Å². The minimum Gasteiger partial charge on any atom is -0.444 e. The van der Waals surface area contributed by atoms with Crippen LogP contribution in [0.4, 0.5) is 4.79 Å². The molecule has 8 nitrogen and oxygen atoms in total. The Morgan fingerprint density at radius 2 is 2.04 bits per heavy atom. The molecule has 1 fully saturated rings. The second kappa shape index (κ2) is 7.61. The Balaban J connectivity index is 1.73. The number of likely N-dealkylation sites (N-methyl/N-ethyl adjacent to an activating group) is 1. The summed E-state index contributed by atoms with van der Waals surface area (Å²) in [5, 5.41) is 0.507. The van der Waals surface area contributed by atoms with Gasteiger partial charge in [-0.3, -0.25) is 14.5 Å². The Morgan fingerprint density at radius 3 is 2.75 bits per heavy atom. The molecule has 0 bridgehead atoms. The molecule has 28 heavy (non-hydrogen) atoms. The van der Waals surface area contributed by atoms with Crippen molar-refractivity contribution in [2.24, 2.45) is 0 Å². The summed E-state index contributed by atoms with van der Waals surface area (Å²) >= 11 is 0. The van der Waals surface area contributed by atoms with Crippen LogP contribution in [0.1, 0.15) is 39.4 Å². The third kappa shape index (κ3) is 4.32. The van der Waals surface area contributed by atoms with Crippen LogP contribution in [-0.4, -0.2) is 57.0 Å². The number of nitrogens with one attached hydrogen (secondary N) is 1. The standard InChI is InChI=1S/C20H26N4O4/c1-20(2,3)28-19(27)24-11-7-10-15(24)18(26)23(4)12-16-21-14-9-6-5-8-13(14)17(25)22-16/h5-6,8-9,15H,7,10-12H2,1-4H3,(H,21,22,25)/t15-/m0/s1. The van der Waals surface area contributed by atoms with Gasteiger partial charge in [-0.05, 0) is 45.7 Å². The average Bonchev–Trinajstić information content (AvgIpc) is 3.09. The van der Waals surface area contributed by atoms with Crippen molar-refractivity contribution in [1.82, 2.24) is 19.8 Å². The molecule has 150 valence electrons. The van der Waals surface area contributed by atoms with Crippen LogP contribution in [0, 0.1) is 0 Å². The van der Waals surface area contributed by atoms with Crippen molar-refractivity contribution in [2.45, 2.75) is 51.8 Å².